The van der Waals surface area contributed by atoms with Crippen LogP contribution in [0.25, 0.3) is 0 Å². The van der Waals surface area contributed by atoms with Crippen LogP contribution in [0.2, 0.25) is 0 Å². The molecule has 0 saturated carbocycles. The zero-order valence-electron chi connectivity index (χ0n) is 16.9. The zero-order valence-corrected chi connectivity index (χ0v) is 17.7. The van der Waals surface area contributed by atoms with Gasteiger partial charge in [0.15, 0.2) is 5.11 Å². The molecule has 2 aromatic rings. The molecule has 0 spiro atoms. The number of rotatable bonds is 10. The van der Waals surface area contributed by atoms with Crippen LogP contribution >= 0.6 is 12.2 Å². The molecule has 4 N–H and O–H groups in total. The molecule has 0 bridgehead atoms. The van der Waals surface area contributed by atoms with Gasteiger partial charge in [0.25, 0.3) is 11.8 Å². The van der Waals surface area contributed by atoms with Crippen molar-refractivity contribution < 1.29 is 19.3 Å². The normalized spacial score (nSPS) is 12.1. The fourth-order valence-corrected chi connectivity index (χ4v) is 3.15. The summed E-state index contributed by atoms with van der Waals surface area (Å²) in [5.74, 6) is 1.17. The Bertz CT molecular complexity index is 707. The quantitative estimate of drug-likeness (QED) is 0.345. The number of aromatic hydroxyl groups is 2. The van der Waals surface area contributed by atoms with Gasteiger partial charge >= 0.3 is 0 Å². The van der Waals surface area contributed by atoms with Crippen LogP contribution < -0.4 is 10.6 Å². The highest BCUT2D eigenvalue weighted by atomic mass is 32.1. The van der Waals surface area contributed by atoms with E-state index in [4.69, 9.17) is 21.3 Å². The van der Waals surface area contributed by atoms with E-state index >= 15 is 0 Å². The third kappa shape index (κ3) is 6.40. The first-order valence-electron chi connectivity index (χ1n) is 9.44. The van der Waals surface area contributed by atoms with E-state index < -0.39 is 0 Å². The average molecular weight is 411 g/mol. The maximum atomic E-state index is 9.32. The molecule has 0 radical (unpaired) electrons. The van der Waals surface area contributed by atoms with E-state index in [1.807, 2.05) is 0 Å². The maximum absolute atomic E-state index is 9.32. The summed E-state index contributed by atoms with van der Waals surface area (Å²) in [5, 5.41) is 32.7. The molecule has 156 valence electrons. The Morgan fingerprint density at radius 2 is 1.29 bits per heavy atom. The van der Waals surface area contributed by atoms with E-state index in [-0.39, 0.29) is 22.6 Å². The molecular formula is C19H30N4O4S. The van der Waals surface area contributed by atoms with Gasteiger partial charge in [0, 0.05) is 36.1 Å². The zero-order chi connectivity index (χ0) is 20.8. The Hall–Kier alpha value is -2.29. The van der Waals surface area contributed by atoms with E-state index in [0.717, 1.165) is 38.8 Å². The van der Waals surface area contributed by atoms with Gasteiger partial charge in [-0.2, -0.15) is 0 Å². The third-order valence-electron chi connectivity index (χ3n) is 4.86. The van der Waals surface area contributed by atoms with E-state index in [0.29, 0.717) is 16.6 Å². The largest absolute Gasteiger partial charge is 0.491 e. The van der Waals surface area contributed by atoms with E-state index in [1.165, 1.54) is 0 Å². The molecule has 0 fully saturated rings. The Morgan fingerprint density at radius 3 is 1.61 bits per heavy atom. The van der Waals surface area contributed by atoms with Crippen molar-refractivity contribution in [3.05, 3.63) is 23.7 Å². The number of hydrogen-bond donors (Lipinski definition) is 4. The monoisotopic (exact) mass is 410 g/mol. The molecule has 0 unspecified atom stereocenters. The van der Waals surface area contributed by atoms with Crippen molar-refractivity contribution in [3.8, 4) is 11.8 Å². The van der Waals surface area contributed by atoms with Gasteiger partial charge in [0.05, 0.1) is 0 Å². The lowest BCUT2D eigenvalue weighted by atomic mass is 9.85. The molecule has 0 aromatic carbocycles. The molecule has 0 saturated heterocycles. The van der Waals surface area contributed by atoms with Crippen LogP contribution in [0.5, 0.6) is 11.8 Å². The predicted octanol–water partition coefficient (Wildman–Crippen LogP) is 3.35. The number of nitrogens with zero attached hydrogens (tertiary/aromatic N) is 2. The minimum absolute atomic E-state index is 0.0881. The molecule has 2 rings (SSSR count). The van der Waals surface area contributed by atoms with Crippen LogP contribution in [0.4, 0.5) is 0 Å². The summed E-state index contributed by atoms with van der Waals surface area (Å²) in [7, 11) is 0. The molecule has 9 heteroatoms. The Balaban J connectivity index is 1.60. The van der Waals surface area contributed by atoms with E-state index in [9.17, 15) is 10.2 Å². The summed E-state index contributed by atoms with van der Waals surface area (Å²) in [6.45, 7) is 9.72. The van der Waals surface area contributed by atoms with E-state index in [2.05, 4.69) is 48.6 Å². The summed E-state index contributed by atoms with van der Waals surface area (Å²) in [6, 6.07) is 3.11. The summed E-state index contributed by atoms with van der Waals surface area (Å²) in [4.78, 5) is 0. The summed E-state index contributed by atoms with van der Waals surface area (Å²) in [5.41, 5.74) is -0.406. The molecule has 0 aliphatic carbocycles. The second kappa shape index (κ2) is 9.27. The molecule has 2 heterocycles. The van der Waals surface area contributed by atoms with Crippen molar-refractivity contribution in [1.29, 1.82) is 0 Å². The molecule has 2 aromatic heterocycles. The van der Waals surface area contributed by atoms with Crippen molar-refractivity contribution >= 4 is 17.3 Å². The molecule has 28 heavy (non-hydrogen) atoms. The first kappa shape index (κ1) is 22.0. The first-order chi connectivity index (χ1) is 13.1. The Kier molecular flexibility index (Phi) is 7.29. The first-order valence-corrected chi connectivity index (χ1v) is 9.85. The van der Waals surface area contributed by atoms with Crippen LogP contribution in [-0.4, -0.2) is 38.7 Å². The van der Waals surface area contributed by atoms with Gasteiger partial charge in [0.1, 0.15) is 11.5 Å². The highest BCUT2D eigenvalue weighted by molar-refractivity contribution is 7.80. The van der Waals surface area contributed by atoms with Gasteiger partial charge in [-0.15, -0.1) is 0 Å². The second-order valence-electron chi connectivity index (χ2n) is 8.26. The minimum Gasteiger partial charge on any atom is -0.491 e. The van der Waals surface area contributed by atoms with Gasteiger partial charge in [0.2, 0.25) is 0 Å². The van der Waals surface area contributed by atoms with Crippen LogP contribution in [0.15, 0.2) is 21.2 Å². The summed E-state index contributed by atoms with van der Waals surface area (Å²) < 4.78 is 10.3. The Labute approximate surface area is 170 Å². The molecule has 0 atom stereocenters. The molecular weight excluding hydrogens is 380 g/mol. The summed E-state index contributed by atoms with van der Waals surface area (Å²) >= 11 is 5.32. The Morgan fingerprint density at radius 1 is 0.893 bits per heavy atom. The van der Waals surface area contributed by atoms with Gasteiger partial charge in [-0.25, -0.2) is 0 Å². The topological polar surface area (TPSA) is 117 Å². The van der Waals surface area contributed by atoms with Gasteiger partial charge < -0.3 is 29.9 Å². The predicted molar refractivity (Wildman–Crippen MR) is 109 cm³/mol. The third-order valence-corrected chi connectivity index (χ3v) is 5.15. The molecule has 0 amide bonds. The van der Waals surface area contributed by atoms with Crippen molar-refractivity contribution in [1.82, 2.24) is 20.9 Å². The smallest absolute Gasteiger partial charge is 0.251 e. The van der Waals surface area contributed by atoms with Gasteiger partial charge in [-0.05, 0) is 48.2 Å². The highest BCUT2D eigenvalue weighted by Crippen LogP contribution is 2.31. The highest BCUT2D eigenvalue weighted by Gasteiger charge is 2.26. The van der Waals surface area contributed by atoms with Crippen molar-refractivity contribution in [2.75, 3.05) is 13.1 Å². The van der Waals surface area contributed by atoms with Crippen molar-refractivity contribution in [3.63, 3.8) is 0 Å². The number of nitrogens with one attached hydrogen (secondary N) is 2. The molecule has 8 nitrogen and oxygen atoms in total. The molecule has 0 aliphatic heterocycles. The fourth-order valence-electron chi connectivity index (χ4n) is 2.94. The van der Waals surface area contributed by atoms with Crippen LogP contribution in [0.3, 0.4) is 0 Å². The van der Waals surface area contributed by atoms with Crippen LogP contribution in [-0.2, 0) is 10.8 Å². The maximum Gasteiger partial charge on any atom is 0.251 e. The van der Waals surface area contributed by atoms with Crippen molar-refractivity contribution in [2.45, 2.75) is 64.2 Å². The average Bonchev–Trinajstić information content (AvgIpc) is 3.25. The standard InChI is InChI=1S/C19H30N4O4S/c1-18(2,13-11-15(24)22-26-13)7-5-9-20-17(28)21-10-6-8-19(3,4)14-12-16(25)23-27-14/h11-12H,5-10H2,1-4H3,(H,22,24)(H,23,25)(H2,20,21,28). The van der Waals surface area contributed by atoms with Crippen LogP contribution in [0.1, 0.15) is 64.9 Å². The lowest BCUT2D eigenvalue weighted by Crippen LogP contribution is -2.37. The van der Waals surface area contributed by atoms with Crippen LogP contribution in [0, 0.1) is 0 Å². The second-order valence-corrected chi connectivity index (χ2v) is 8.66. The van der Waals surface area contributed by atoms with E-state index in [1.54, 1.807) is 12.1 Å². The van der Waals surface area contributed by atoms with Crippen molar-refractivity contribution in [2.24, 2.45) is 0 Å². The minimum atomic E-state index is -0.203. The lowest BCUT2D eigenvalue weighted by molar-refractivity contribution is 0.287. The number of aromatic nitrogens is 2. The number of hydrogen-bond acceptors (Lipinski definition) is 7. The number of thiocarbonyl (C=S) groups is 1. The van der Waals surface area contributed by atoms with Gasteiger partial charge in [-0.3, -0.25) is 0 Å². The summed E-state index contributed by atoms with van der Waals surface area (Å²) in [6.07, 6.45) is 3.54. The fraction of sp³-hybridized carbons (Fsp3) is 0.632. The lowest BCUT2D eigenvalue weighted by Gasteiger charge is -2.22. The van der Waals surface area contributed by atoms with Gasteiger partial charge in [-0.1, -0.05) is 27.7 Å². The SMILES string of the molecule is CC(C)(CCCNC(=S)NCCCC(C)(C)c1cc(O)no1)c1cc(O)no1. The molecule has 0 aliphatic rings.